The van der Waals surface area contributed by atoms with Crippen LogP contribution in [0.25, 0.3) is 0 Å². The molecule has 0 saturated heterocycles. The number of nitrogens with one attached hydrogen (secondary N) is 1. The molecule has 1 aromatic carbocycles. The van der Waals surface area contributed by atoms with E-state index in [1.807, 2.05) is 0 Å². The zero-order valence-electron chi connectivity index (χ0n) is 11.9. The van der Waals surface area contributed by atoms with Gasteiger partial charge in [-0.25, -0.2) is 0 Å². The molecule has 100 valence electrons. The van der Waals surface area contributed by atoms with Gasteiger partial charge in [0.05, 0.1) is 0 Å². The Bertz CT molecular complexity index is 351. The molecule has 0 aliphatic heterocycles. The summed E-state index contributed by atoms with van der Waals surface area (Å²) >= 11 is 0. The lowest BCUT2D eigenvalue weighted by Crippen LogP contribution is -2.45. The highest BCUT2D eigenvalue weighted by Crippen LogP contribution is 2.42. The predicted octanol–water partition coefficient (Wildman–Crippen LogP) is 2.85. The highest BCUT2D eigenvalue weighted by Gasteiger charge is 2.38. The molecule has 0 heterocycles. The summed E-state index contributed by atoms with van der Waals surface area (Å²) in [5.41, 5.74) is 1.74. The quantitative estimate of drug-likeness (QED) is 0.879. The molecular formula is C16H26N2. The Labute approximate surface area is 111 Å². The van der Waals surface area contributed by atoms with Crippen LogP contribution in [0.15, 0.2) is 30.3 Å². The van der Waals surface area contributed by atoms with E-state index in [-0.39, 0.29) is 5.54 Å². The van der Waals surface area contributed by atoms with Crippen molar-refractivity contribution in [3.63, 3.8) is 0 Å². The third-order valence-electron chi connectivity index (χ3n) is 4.59. The Kier molecular flexibility index (Phi) is 4.41. The van der Waals surface area contributed by atoms with E-state index < -0.39 is 0 Å². The van der Waals surface area contributed by atoms with Gasteiger partial charge in [-0.3, -0.25) is 4.90 Å². The first kappa shape index (κ1) is 13.6. The lowest BCUT2D eigenvalue weighted by Gasteiger charge is -2.45. The molecule has 0 atom stereocenters. The Balaban J connectivity index is 2.16. The van der Waals surface area contributed by atoms with Crippen LogP contribution >= 0.6 is 0 Å². The monoisotopic (exact) mass is 246 g/mol. The normalized spacial score (nSPS) is 28.6. The fourth-order valence-electron chi connectivity index (χ4n) is 3.39. The maximum absolute atomic E-state index is 3.32. The van der Waals surface area contributed by atoms with E-state index in [0.29, 0.717) is 0 Å². The standard InChI is InChI=1S/C16H26N2/c1-17-13-14-9-11-16(12-10-14,18(2)3)15-7-5-4-6-8-15/h4-8,14,17H,9-13H2,1-3H3. The Morgan fingerprint density at radius 3 is 2.28 bits per heavy atom. The summed E-state index contributed by atoms with van der Waals surface area (Å²) in [5.74, 6) is 0.854. The average Bonchev–Trinajstić information content (AvgIpc) is 2.41. The maximum atomic E-state index is 3.32. The fraction of sp³-hybridized carbons (Fsp3) is 0.625. The summed E-state index contributed by atoms with van der Waals surface area (Å²) in [6.45, 7) is 1.16. The van der Waals surface area contributed by atoms with Crippen LogP contribution in [0.1, 0.15) is 31.2 Å². The summed E-state index contributed by atoms with van der Waals surface area (Å²) in [6.07, 6.45) is 5.20. The molecule has 1 fully saturated rings. The van der Waals surface area contributed by atoms with Crippen LogP contribution in [-0.4, -0.2) is 32.6 Å². The van der Waals surface area contributed by atoms with Gasteiger partial charge in [-0.05, 0) is 64.9 Å². The molecular weight excluding hydrogens is 220 g/mol. The number of hydrogen-bond donors (Lipinski definition) is 1. The summed E-state index contributed by atoms with van der Waals surface area (Å²) in [4.78, 5) is 2.43. The minimum atomic E-state index is 0.255. The molecule has 1 saturated carbocycles. The van der Waals surface area contributed by atoms with Crippen LogP contribution in [0.3, 0.4) is 0 Å². The number of nitrogens with zero attached hydrogens (tertiary/aromatic N) is 1. The van der Waals surface area contributed by atoms with E-state index in [1.54, 1.807) is 0 Å². The number of hydrogen-bond acceptors (Lipinski definition) is 2. The SMILES string of the molecule is CNCC1CCC(c2ccccc2)(N(C)C)CC1. The predicted molar refractivity (Wildman–Crippen MR) is 77.7 cm³/mol. The second-order valence-corrected chi connectivity index (χ2v) is 5.79. The first-order valence-electron chi connectivity index (χ1n) is 7.06. The van der Waals surface area contributed by atoms with Gasteiger partial charge in [-0.1, -0.05) is 30.3 Å². The maximum Gasteiger partial charge on any atom is 0.0455 e. The molecule has 0 spiro atoms. The smallest absolute Gasteiger partial charge is 0.0455 e. The molecule has 0 aromatic heterocycles. The zero-order chi connectivity index (χ0) is 13.0. The van der Waals surface area contributed by atoms with Crippen molar-refractivity contribution in [1.82, 2.24) is 10.2 Å². The highest BCUT2D eigenvalue weighted by atomic mass is 15.1. The van der Waals surface area contributed by atoms with Gasteiger partial charge in [-0.2, -0.15) is 0 Å². The minimum Gasteiger partial charge on any atom is -0.319 e. The first-order valence-corrected chi connectivity index (χ1v) is 7.06. The second-order valence-electron chi connectivity index (χ2n) is 5.79. The van der Waals surface area contributed by atoms with Crippen molar-refractivity contribution in [3.8, 4) is 0 Å². The topological polar surface area (TPSA) is 15.3 Å². The van der Waals surface area contributed by atoms with Gasteiger partial charge < -0.3 is 5.32 Å². The highest BCUT2D eigenvalue weighted by molar-refractivity contribution is 5.25. The second kappa shape index (κ2) is 5.85. The summed E-state index contributed by atoms with van der Waals surface area (Å²) in [5, 5.41) is 3.32. The van der Waals surface area contributed by atoms with Crippen molar-refractivity contribution >= 4 is 0 Å². The molecule has 1 N–H and O–H groups in total. The third-order valence-corrected chi connectivity index (χ3v) is 4.59. The Morgan fingerprint density at radius 1 is 1.17 bits per heavy atom. The molecule has 0 radical (unpaired) electrons. The van der Waals surface area contributed by atoms with E-state index in [4.69, 9.17) is 0 Å². The molecule has 0 amide bonds. The summed E-state index contributed by atoms with van der Waals surface area (Å²) in [7, 11) is 6.52. The molecule has 18 heavy (non-hydrogen) atoms. The fourth-order valence-corrected chi connectivity index (χ4v) is 3.39. The van der Waals surface area contributed by atoms with Crippen molar-refractivity contribution in [3.05, 3.63) is 35.9 Å². The molecule has 1 aromatic rings. The van der Waals surface area contributed by atoms with Gasteiger partial charge in [-0.15, -0.1) is 0 Å². The van der Waals surface area contributed by atoms with Crippen LogP contribution in [0.2, 0.25) is 0 Å². The van der Waals surface area contributed by atoms with Gasteiger partial charge in [0.15, 0.2) is 0 Å². The molecule has 2 nitrogen and oxygen atoms in total. The van der Waals surface area contributed by atoms with Crippen molar-refractivity contribution < 1.29 is 0 Å². The number of benzene rings is 1. The third kappa shape index (κ3) is 2.60. The van der Waals surface area contributed by atoms with Crippen LogP contribution in [-0.2, 0) is 5.54 Å². The largest absolute Gasteiger partial charge is 0.319 e. The molecule has 2 heteroatoms. The molecule has 2 rings (SSSR count). The van der Waals surface area contributed by atoms with Crippen molar-refractivity contribution in [2.75, 3.05) is 27.7 Å². The van der Waals surface area contributed by atoms with Crippen molar-refractivity contribution in [2.24, 2.45) is 5.92 Å². The van der Waals surface area contributed by atoms with Crippen LogP contribution in [0, 0.1) is 5.92 Å². The van der Waals surface area contributed by atoms with Gasteiger partial charge in [0.25, 0.3) is 0 Å². The van der Waals surface area contributed by atoms with Gasteiger partial charge in [0, 0.05) is 5.54 Å². The lowest BCUT2D eigenvalue weighted by molar-refractivity contribution is 0.0775. The van der Waals surface area contributed by atoms with Crippen LogP contribution in [0.5, 0.6) is 0 Å². The molecule has 1 aliphatic rings. The minimum absolute atomic E-state index is 0.255. The molecule has 0 bridgehead atoms. The Morgan fingerprint density at radius 2 is 1.78 bits per heavy atom. The Hall–Kier alpha value is -0.860. The van der Waals surface area contributed by atoms with E-state index >= 15 is 0 Å². The molecule has 1 aliphatic carbocycles. The van der Waals surface area contributed by atoms with Gasteiger partial charge in [0.2, 0.25) is 0 Å². The first-order chi connectivity index (χ1) is 8.69. The van der Waals surface area contributed by atoms with E-state index in [2.05, 4.69) is 61.7 Å². The van der Waals surface area contributed by atoms with E-state index in [1.165, 1.54) is 31.2 Å². The van der Waals surface area contributed by atoms with Gasteiger partial charge >= 0.3 is 0 Å². The summed E-state index contributed by atoms with van der Waals surface area (Å²) < 4.78 is 0. The van der Waals surface area contributed by atoms with Crippen molar-refractivity contribution in [2.45, 2.75) is 31.2 Å². The zero-order valence-corrected chi connectivity index (χ0v) is 11.9. The van der Waals surface area contributed by atoms with E-state index in [0.717, 1.165) is 12.5 Å². The van der Waals surface area contributed by atoms with Crippen molar-refractivity contribution in [1.29, 1.82) is 0 Å². The average molecular weight is 246 g/mol. The summed E-state index contributed by atoms with van der Waals surface area (Å²) in [6, 6.07) is 11.0. The number of rotatable bonds is 4. The van der Waals surface area contributed by atoms with E-state index in [9.17, 15) is 0 Å². The van der Waals surface area contributed by atoms with Crippen LogP contribution in [0.4, 0.5) is 0 Å². The molecule has 0 unspecified atom stereocenters. The van der Waals surface area contributed by atoms with Crippen LogP contribution < -0.4 is 5.32 Å². The lowest BCUT2D eigenvalue weighted by atomic mass is 9.72. The van der Waals surface area contributed by atoms with Gasteiger partial charge in [0.1, 0.15) is 0 Å².